The number of alkyl halides is 4. The van der Waals surface area contributed by atoms with Crippen LogP contribution in [-0.2, 0) is 0 Å². The average molecular weight is 128 g/mol. The minimum absolute atomic E-state index is 0. The molecule has 0 aliphatic heterocycles. The summed E-state index contributed by atoms with van der Waals surface area (Å²) in [6.07, 6.45) is -5.50. The van der Waals surface area contributed by atoms with Gasteiger partial charge in [-0.05, 0) is 0 Å². The van der Waals surface area contributed by atoms with Crippen molar-refractivity contribution in [1.29, 1.82) is 0 Å². The Hall–Kier alpha value is 1.36. The molecule has 0 N–H and O–H groups in total. The van der Waals surface area contributed by atoms with E-state index in [9.17, 15) is 17.6 Å². The molecule has 0 nitrogen and oxygen atoms in total. The van der Waals surface area contributed by atoms with E-state index in [0.717, 1.165) is 0 Å². The molecule has 5 heteroatoms. The first-order valence-electron chi connectivity index (χ1n) is 0.756. The molecule has 0 aromatic heterocycles. The molecule has 0 aliphatic rings. The van der Waals surface area contributed by atoms with E-state index in [1.54, 1.807) is 0 Å². The van der Waals surface area contributed by atoms with Crippen molar-refractivity contribution < 1.29 is 17.6 Å². The number of halogens is 4. The summed E-state index contributed by atoms with van der Waals surface area (Å²) in [4.78, 5) is 0. The predicted molar refractivity (Wildman–Crippen MR) is 14.3 cm³/mol. The van der Waals surface area contributed by atoms with Gasteiger partial charge in [-0.1, -0.05) is 0 Å². The average Bonchev–Trinajstić information content (AvgIpc) is 0.722. The predicted octanol–water partition coefficient (Wildman–Crippen LogP) is 0.827. The van der Waals surface area contributed by atoms with Crippen LogP contribution >= 0.6 is 0 Å². The SMILES string of the molecule is FC(F)(F)F.[KH]. The van der Waals surface area contributed by atoms with Crippen LogP contribution in [0.15, 0.2) is 0 Å². The molecule has 0 amide bonds. The molecule has 0 bridgehead atoms. The second-order valence-electron chi connectivity index (χ2n) is 0.429. The van der Waals surface area contributed by atoms with Gasteiger partial charge in [-0.15, -0.1) is 17.6 Å². The van der Waals surface area contributed by atoms with Crippen LogP contribution in [0.4, 0.5) is 17.6 Å². The molecular formula is CHF4K. The zero-order valence-electron chi connectivity index (χ0n) is 2.01. The van der Waals surface area contributed by atoms with Crippen molar-refractivity contribution in [3.63, 3.8) is 0 Å². The molecule has 0 aromatic rings. The maximum atomic E-state index is 9.69. The van der Waals surface area contributed by atoms with Crippen LogP contribution in [0.5, 0.6) is 0 Å². The minimum atomic E-state index is -5.50. The van der Waals surface area contributed by atoms with Crippen molar-refractivity contribution in [3.8, 4) is 0 Å². The van der Waals surface area contributed by atoms with Crippen LogP contribution in [0.1, 0.15) is 0 Å². The Morgan fingerprint density at radius 1 is 0.833 bits per heavy atom. The van der Waals surface area contributed by atoms with Crippen LogP contribution in [0, 0.1) is 0 Å². The summed E-state index contributed by atoms with van der Waals surface area (Å²) in [6.45, 7) is 0. The van der Waals surface area contributed by atoms with E-state index in [1.165, 1.54) is 0 Å². The first-order chi connectivity index (χ1) is 2.00. The summed E-state index contributed by atoms with van der Waals surface area (Å²) in [5, 5.41) is 0. The molecule has 0 radical (unpaired) electrons. The molecule has 0 unspecified atom stereocenters. The summed E-state index contributed by atoms with van der Waals surface area (Å²) >= 11 is 0. The fourth-order valence-electron chi connectivity index (χ4n) is 0. The Morgan fingerprint density at radius 2 is 0.833 bits per heavy atom. The van der Waals surface area contributed by atoms with Gasteiger partial charge < -0.3 is 0 Å². The van der Waals surface area contributed by atoms with E-state index >= 15 is 0 Å². The Balaban J connectivity index is 0. The molecule has 34 valence electrons. The van der Waals surface area contributed by atoms with Crippen molar-refractivity contribution in [3.05, 3.63) is 0 Å². The molecule has 0 rings (SSSR count). The fourth-order valence-corrected chi connectivity index (χ4v) is 0. The van der Waals surface area contributed by atoms with Gasteiger partial charge in [0.2, 0.25) is 0 Å². The van der Waals surface area contributed by atoms with Crippen LogP contribution in [0.3, 0.4) is 0 Å². The molecule has 0 saturated heterocycles. The van der Waals surface area contributed by atoms with Crippen LogP contribution in [0.25, 0.3) is 0 Å². The third-order valence-corrected chi connectivity index (χ3v) is 0. The van der Waals surface area contributed by atoms with Gasteiger partial charge in [0.1, 0.15) is 0 Å². The molecule has 0 aliphatic carbocycles. The maximum absolute atomic E-state index is 9.69. The Kier molecular flexibility index (Phi) is 5.82. The molecule has 0 fully saturated rings. The zero-order chi connectivity index (χ0) is 4.50. The van der Waals surface area contributed by atoms with Crippen LogP contribution in [0.2, 0.25) is 0 Å². The Labute approximate surface area is 74.3 Å². The van der Waals surface area contributed by atoms with Gasteiger partial charge in [0.25, 0.3) is 0 Å². The van der Waals surface area contributed by atoms with E-state index in [1.807, 2.05) is 0 Å². The summed E-state index contributed by atoms with van der Waals surface area (Å²) in [5.74, 6) is 0. The second kappa shape index (κ2) is 3.37. The molecule has 0 heterocycles. The standard InChI is InChI=1S/CF4.K.H/c2-1(3,4)5;;. The first kappa shape index (κ1) is 10.4. The van der Waals surface area contributed by atoms with E-state index in [4.69, 9.17) is 0 Å². The monoisotopic (exact) mass is 128 g/mol. The molecule has 0 saturated carbocycles. The topological polar surface area (TPSA) is 0 Å². The van der Waals surface area contributed by atoms with Gasteiger partial charge in [0.05, 0.1) is 0 Å². The van der Waals surface area contributed by atoms with E-state index in [2.05, 4.69) is 0 Å². The number of hydrogen-bond acceptors (Lipinski definition) is 0. The molecule has 0 atom stereocenters. The third-order valence-electron chi connectivity index (χ3n) is 0. The van der Waals surface area contributed by atoms with Crippen molar-refractivity contribution in [2.75, 3.05) is 0 Å². The van der Waals surface area contributed by atoms with Gasteiger partial charge in [0, 0.05) is 0 Å². The normalized spacial score (nSPS) is 10.0. The molecule has 0 aromatic carbocycles. The van der Waals surface area contributed by atoms with E-state index < -0.39 is 6.43 Å². The van der Waals surface area contributed by atoms with Crippen LogP contribution in [-0.4, -0.2) is 57.8 Å². The molecular weight excluding hydrogens is 127 g/mol. The summed E-state index contributed by atoms with van der Waals surface area (Å²) in [6, 6.07) is 0. The van der Waals surface area contributed by atoms with Gasteiger partial charge in [-0.2, -0.15) is 0 Å². The summed E-state index contributed by atoms with van der Waals surface area (Å²) in [5.41, 5.74) is 0. The molecule has 0 spiro atoms. The van der Waals surface area contributed by atoms with Crippen molar-refractivity contribution >= 4 is 51.4 Å². The second-order valence-corrected chi connectivity index (χ2v) is 0.429. The van der Waals surface area contributed by atoms with Gasteiger partial charge >= 0.3 is 57.8 Å². The fraction of sp³-hybridized carbons (Fsp3) is 1.00. The van der Waals surface area contributed by atoms with Crippen LogP contribution < -0.4 is 0 Å². The number of rotatable bonds is 0. The van der Waals surface area contributed by atoms with Gasteiger partial charge in [-0.25, -0.2) is 0 Å². The Bertz CT molecular complexity index is 23.0. The van der Waals surface area contributed by atoms with E-state index in [-0.39, 0.29) is 51.4 Å². The van der Waals surface area contributed by atoms with E-state index in [0.29, 0.717) is 0 Å². The zero-order valence-corrected chi connectivity index (χ0v) is 2.01. The summed E-state index contributed by atoms with van der Waals surface area (Å²) in [7, 11) is 0. The summed E-state index contributed by atoms with van der Waals surface area (Å²) < 4.78 is 38.8. The van der Waals surface area contributed by atoms with Gasteiger partial charge in [-0.3, -0.25) is 0 Å². The number of hydrogen-bond donors (Lipinski definition) is 0. The third kappa shape index (κ3) is 55.3. The van der Waals surface area contributed by atoms with Crippen molar-refractivity contribution in [2.45, 2.75) is 6.43 Å². The Morgan fingerprint density at radius 3 is 0.833 bits per heavy atom. The quantitative estimate of drug-likeness (QED) is 0.335. The van der Waals surface area contributed by atoms with Crippen molar-refractivity contribution in [2.24, 2.45) is 0 Å². The van der Waals surface area contributed by atoms with Crippen molar-refractivity contribution in [1.82, 2.24) is 0 Å². The first-order valence-corrected chi connectivity index (χ1v) is 0.756. The van der Waals surface area contributed by atoms with Gasteiger partial charge in [0.15, 0.2) is 0 Å². The molecule has 6 heavy (non-hydrogen) atoms.